The Morgan fingerprint density at radius 1 is 1.17 bits per heavy atom. The van der Waals surface area contributed by atoms with Gasteiger partial charge in [0.15, 0.2) is 5.78 Å². The molecule has 1 aliphatic heterocycles. The van der Waals surface area contributed by atoms with E-state index < -0.39 is 29.7 Å². The Balaban J connectivity index is 1.60. The van der Waals surface area contributed by atoms with Crippen LogP contribution in [0, 0.1) is 11.8 Å². The minimum Gasteiger partial charge on any atom is -0.445 e. The molecular weight excluding hydrogens is 466 g/mol. The summed E-state index contributed by atoms with van der Waals surface area (Å²) in [7, 11) is 0. The number of aryl methyl sites for hydroxylation is 1. The molecule has 9 heteroatoms. The highest BCUT2D eigenvalue weighted by Gasteiger charge is 2.32. The van der Waals surface area contributed by atoms with Crippen LogP contribution in [-0.4, -0.2) is 40.5 Å². The van der Waals surface area contributed by atoms with Crippen LogP contribution >= 0.6 is 11.5 Å². The van der Waals surface area contributed by atoms with Crippen LogP contribution in [0.4, 0.5) is 4.79 Å². The van der Waals surface area contributed by atoms with Gasteiger partial charge in [-0.1, -0.05) is 50.6 Å². The lowest BCUT2D eigenvalue weighted by Crippen LogP contribution is -2.46. The van der Waals surface area contributed by atoms with Gasteiger partial charge in [0.1, 0.15) is 6.61 Å². The van der Waals surface area contributed by atoms with E-state index in [2.05, 4.69) is 15.0 Å². The minimum atomic E-state index is -0.810. The molecule has 0 bridgehead atoms. The number of alkyl carbamates (subject to hydrolysis) is 1. The maximum Gasteiger partial charge on any atom is 0.408 e. The maximum absolute atomic E-state index is 13.2. The first-order chi connectivity index (χ1) is 16.8. The molecule has 1 aliphatic rings. The molecule has 35 heavy (non-hydrogen) atoms. The van der Waals surface area contributed by atoms with Crippen LogP contribution in [0.25, 0.3) is 0 Å². The first-order valence-electron chi connectivity index (χ1n) is 12.1. The number of aromatic nitrogens is 1. The van der Waals surface area contributed by atoms with Gasteiger partial charge in [0, 0.05) is 30.7 Å². The number of carbonyl (C=O) groups is 4. The van der Waals surface area contributed by atoms with Gasteiger partial charge in [-0.3, -0.25) is 14.4 Å². The SMILES string of the molecule is CC(C)C(NC(=O)OCc1ccccc1)C(=O)CC1CCCCc2csnc2CCNC(=O)C1=O. The topological polar surface area (TPSA) is 114 Å². The number of amides is 2. The molecule has 0 spiro atoms. The summed E-state index contributed by atoms with van der Waals surface area (Å²) in [6, 6.07) is 8.45. The van der Waals surface area contributed by atoms with E-state index >= 15 is 0 Å². The van der Waals surface area contributed by atoms with E-state index in [1.807, 2.05) is 49.6 Å². The quantitative estimate of drug-likeness (QED) is 0.563. The Morgan fingerprint density at radius 3 is 2.69 bits per heavy atom. The number of Topliss-reactive ketones (excluding diaryl/α,β-unsaturated/α-hetero) is 2. The number of ketones is 2. The summed E-state index contributed by atoms with van der Waals surface area (Å²) in [5, 5.41) is 7.36. The average Bonchev–Trinajstić information content (AvgIpc) is 3.29. The van der Waals surface area contributed by atoms with Crippen LogP contribution in [0.3, 0.4) is 0 Å². The number of ether oxygens (including phenoxy) is 1. The second-order valence-corrected chi connectivity index (χ2v) is 9.83. The lowest BCUT2D eigenvalue weighted by Gasteiger charge is -2.23. The summed E-state index contributed by atoms with van der Waals surface area (Å²) in [5.74, 6) is -2.45. The molecule has 0 saturated heterocycles. The number of fused-ring (bicyclic) bond motifs is 1. The zero-order valence-electron chi connectivity index (χ0n) is 20.2. The van der Waals surface area contributed by atoms with Gasteiger partial charge in [0.2, 0.25) is 5.78 Å². The largest absolute Gasteiger partial charge is 0.445 e. The third kappa shape index (κ3) is 7.99. The first-order valence-corrected chi connectivity index (χ1v) is 12.9. The minimum absolute atomic E-state index is 0.0916. The summed E-state index contributed by atoms with van der Waals surface area (Å²) in [6.45, 7) is 4.06. The fraction of sp³-hybridized carbons (Fsp3) is 0.500. The first kappa shape index (κ1) is 26.5. The summed E-state index contributed by atoms with van der Waals surface area (Å²) < 4.78 is 9.65. The lowest BCUT2D eigenvalue weighted by atomic mass is 9.86. The fourth-order valence-electron chi connectivity index (χ4n) is 4.17. The maximum atomic E-state index is 13.2. The van der Waals surface area contributed by atoms with Crippen molar-refractivity contribution in [3.05, 3.63) is 52.5 Å². The van der Waals surface area contributed by atoms with Gasteiger partial charge >= 0.3 is 6.09 Å². The van der Waals surface area contributed by atoms with Crippen molar-refractivity contribution in [1.82, 2.24) is 15.0 Å². The molecule has 188 valence electrons. The van der Waals surface area contributed by atoms with Crippen LogP contribution in [0.2, 0.25) is 0 Å². The molecule has 2 atom stereocenters. The van der Waals surface area contributed by atoms with Crippen molar-refractivity contribution < 1.29 is 23.9 Å². The van der Waals surface area contributed by atoms with Crippen molar-refractivity contribution in [1.29, 1.82) is 0 Å². The highest BCUT2D eigenvalue weighted by atomic mass is 32.1. The van der Waals surface area contributed by atoms with Crippen molar-refractivity contribution in [3.8, 4) is 0 Å². The molecule has 1 aromatic heterocycles. The molecule has 2 unspecified atom stereocenters. The zero-order valence-corrected chi connectivity index (χ0v) is 21.1. The smallest absolute Gasteiger partial charge is 0.408 e. The Labute approximate surface area is 210 Å². The molecule has 0 radical (unpaired) electrons. The molecule has 8 nitrogen and oxygen atoms in total. The summed E-state index contributed by atoms with van der Waals surface area (Å²) in [6.07, 6.45) is 2.65. The van der Waals surface area contributed by atoms with Gasteiger partial charge in [-0.05, 0) is 47.8 Å². The Morgan fingerprint density at radius 2 is 1.94 bits per heavy atom. The van der Waals surface area contributed by atoms with Crippen LogP contribution < -0.4 is 10.6 Å². The highest BCUT2D eigenvalue weighted by Crippen LogP contribution is 2.21. The molecule has 2 aromatic rings. The van der Waals surface area contributed by atoms with Crippen LogP contribution in [0.5, 0.6) is 0 Å². The van der Waals surface area contributed by atoms with Crippen molar-refractivity contribution >= 4 is 35.1 Å². The highest BCUT2D eigenvalue weighted by molar-refractivity contribution is 7.03. The number of carbonyl (C=O) groups excluding carboxylic acids is 4. The van der Waals surface area contributed by atoms with Crippen molar-refractivity contribution in [2.75, 3.05) is 6.54 Å². The molecule has 2 heterocycles. The van der Waals surface area contributed by atoms with Crippen LogP contribution in [-0.2, 0) is 38.6 Å². The second kappa shape index (κ2) is 13.1. The Kier molecular flexibility index (Phi) is 9.96. The summed E-state index contributed by atoms with van der Waals surface area (Å²) >= 11 is 1.40. The van der Waals surface area contributed by atoms with E-state index in [1.54, 1.807) is 0 Å². The molecule has 0 aliphatic carbocycles. The fourth-order valence-corrected chi connectivity index (χ4v) is 4.94. The zero-order chi connectivity index (χ0) is 25.2. The number of nitrogens with one attached hydrogen (secondary N) is 2. The number of hydrogen-bond donors (Lipinski definition) is 2. The van der Waals surface area contributed by atoms with E-state index in [0.29, 0.717) is 25.8 Å². The second-order valence-electron chi connectivity index (χ2n) is 9.20. The third-order valence-corrected chi connectivity index (χ3v) is 6.88. The Bertz CT molecular complexity index is 1020. The predicted molar refractivity (Wildman–Crippen MR) is 133 cm³/mol. The molecule has 2 amide bonds. The van der Waals surface area contributed by atoms with E-state index in [4.69, 9.17) is 4.74 Å². The van der Waals surface area contributed by atoms with Gasteiger partial charge in [-0.25, -0.2) is 4.79 Å². The number of benzene rings is 1. The van der Waals surface area contributed by atoms with Crippen LogP contribution in [0.1, 0.15) is 56.4 Å². The van der Waals surface area contributed by atoms with Gasteiger partial charge < -0.3 is 15.4 Å². The summed E-state index contributed by atoms with van der Waals surface area (Å²) in [5.41, 5.74) is 2.99. The van der Waals surface area contributed by atoms with Gasteiger partial charge in [0.25, 0.3) is 5.91 Å². The number of nitrogens with zero attached hydrogens (tertiary/aromatic N) is 1. The lowest BCUT2D eigenvalue weighted by molar-refractivity contribution is -0.141. The van der Waals surface area contributed by atoms with Crippen molar-refractivity contribution in [2.45, 2.75) is 65.0 Å². The molecule has 0 saturated carbocycles. The number of hydrogen-bond acceptors (Lipinski definition) is 7. The van der Waals surface area contributed by atoms with Gasteiger partial charge in [0.05, 0.1) is 11.7 Å². The normalized spacial score (nSPS) is 18.0. The van der Waals surface area contributed by atoms with Gasteiger partial charge in [-0.2, -0.15) is 4.37 Å². The third-order valence-electron chi connectivity index (χ3n) is 6.17. The Hall–Kier alpha value is -3.07. The molecular formula is C26H33N3O5S. The van der Waals surface area contributed by atoms with Gasteiger partial charge in [-0.15, -0.1) is 0 Å². The molecule has 0 fully saturated rings. The van der Waals surface area contributed by atoms with E-state index in [-0.39, 0.29) is 24.7 Å². The van der Waals surface area contributed by atoms with E-state index in [0.717, 1.165) is 24.1 Å². The number of rotatable bonds is 7. The molecule has 2 N–H and O–H groups in total. The van der Waals surface area contributed by atoms with Crippen molar-refractivity contribution in [2.24, 2.45) is 11.8 Å². The predicted octanol–water partition coefficient (Wildman–Crippen LogP) is 3.62. The van der Waals surface area contributed by atoms with E-state index in [9.17, 15) is 19.2 Å². The average molecular weight is 500 g/mol. The van der Waals surface area contributed by atoms with E-state index in [1.165, 1.54) is 17.1 Å². The molecule has 1 aromatic carbocycles. The standard InChI is InChI=1S/C26H33N3O5S/c1-17(2)23(28-26(33)34-15-18-8-4-3-5-9-18)22(30)14-19-10-6-7-11-20-16-35-29-21(20)12-13-27-25(32)24(19)31/h3-5,8-9,16-17,19,23H,6-7,10-15H2,1-2H3,(H,27,32)(H,28,33). The molecule has 3 rings (SSSR count). The van der Waals surface area contributed by atoms with Crippen molar-refractivity contribution in [3.63, 3.8) is 0 Å². The summed E-state index contributed by atoms with van der Waals surface area (Å²) in [4.78, 5) is 50.9. The monoisotopic (exact) mass is 499 g/mol. The van der Waals surface area contributed by atoms with Crippen LogP contribution in [0.15, 0.2) is 35.7 Å².